The molecule has 0 fully saturated rings. The number of benzene rings is 1. The maximum absolute atomic E-state index is 5.90. The molecule has 76 valence electrons. The van der Waals surface area contributed by atoms with Crippen molar-refractivity contribution in [2.24, 2.45) is 0 Å². The maximum Gasteiger partial charge on any atom is 0.121 e. The molecule has 0 amide bonds. The highest BCUT2D eigenvalue weighted by Gasteiger charge is 2.02. The summed E-state index contributed by atoms with van der Waals surface area (Å²) in [4.78, 5) is 7.09. The van der Waals surface area contributed by atoms with E-state index in [0.29, 0.717) is 14.7 Å². The zero-order valence-electron chi connectivity index (χ0n) is 7.50. The molecule has 1 heterocycles. The third-order valence-corrected chi connectivity index (χ3v) is 2.85. The van der Waals surface area contributed by atoms with Crippen molar-refractivity contribution in [3.8, 4) is 11.3 Å². The quantitative estimate of drug-likeness (QED) is 0.778. The summed E-state index contributed by atoms with van der Waals surface area (Å²) in [6.07, 6.45) is 3.33. The largest absolute Gasteiger partial charge is 0.350 e. The van der Waals surface area contributed by atoms with Gasteiger partial charge in [0.1, 0.15) is 4.64 Å². The summed E-state index contributed by atoms with van der Waals surface area (Å²) < 4.78 is 0.596. The molecule has 1 aromatic carbocycles. The fourth-order valence-electron chi connectivity index (χ4n) is 1.16. The fourth-order valence-corrected chi connectivity index (χ4v) is 1.57. The molecule has 0 radical (unpaired) electrons. The molecule has 5 heteroatoms. The molecule has 0 spiro atoms. The van der Waals surface area contributed by atoms with Crippen molar-refractivity contribution < 1.29 is 0 Å². The lowest BCUT2D eigenvalue weighted by Gasteiger charge is -2.01. The Balaban J connectivity index is 2.50. The van der Waals surface area contributed by atoms with Crippen LogP contribution in [0, 0.1) is 4.64 Å². The Morgan fingerprint density at radius 3 is 2.60 bits per heavy atom. The molecule has 0 aliphatic heterocycles. The second kappa shape index (κ2) is 4.31. The summed E-state index contributed by atoms with van der Waals surface area (Å²) in [7, 11) is 0. The monoisotopic (exact) mass is 256 g/mol. The van der Waals surface area contributed by atoms with Crippen molar-refractivity contribution in [3.05, 3.63) is 45.3 Å². The molecule has 2 nitrogen and oxygen atoms in total. The standard InChI is InChI=1S/C10H6Cl2N2S/c11-7-2-1-6(3-8(7)12)9-4-14-10(15)5-13-9/h1-5H,(H,14,15). The Morgan fingerprint density at radius 2 is 2.00 bits per heavy atom. The number of nitrogens with one attached hydrogen (secondary N) is 1. The minimum atomic E-state index is 0.512. The van der Waals surface area contributed by atoms with Crippen LogP contribution in [0.3, 0.4) is 0 Å². The molecule has 0 bridgehead atoms. The molecule has 0 unspecified atom stereocenters. The van der Waals surface area contributed by atoms with Gasteiger partial charge in [0.2, 0.25) is 0 Å². The molecule has 15 heavy (non-hydrogen) atoms. The van der Waals surface area contributed by atoms with Crippen LogP contribution in [0.2, 0.25) is 10.0 Å². The number of H-pyrrole nitrogens is 1. The fraction of sp³-hybridized carbons (Fsp3) is 0. The molecule has 0 aliphatic rings. The summed E-state index contributed by atoms with van der Waals surface area (Å²) >= 11 is 16.6. The van der Waals surface area contributed by atoms with E-state index in [0.717, 1.165) is 11.3 Å². The highest BCUT2D eigenvalue weighted by atomic mass is 35.5. The van der Waals surface area contributed by atoms with Crippen LogP contribution >= 0.6 is 35.4 Å². The van der Waals surface area contributed by atoms with Gasteiger partial charge in [-0.3, -0.25) is 4.98 Å². The number of rotatable bonds is 1. The van der Waals surface area contributed by atoms with Gasteiger partial charge >= 0.3 is 0 Å². The minimum absolute atomic E-state index is 0.512. The van der Waals surface area contributed by atoms with Gasteiger partial charge in [0.15, 0.2) is 0 Å². The van der Waals surface area contributed by atoms with Crippen molar-refractivity contribution >= 4 is 35.4 Å². The molecule has 2 aromatic rings. The lowest BCUT2D eigenvalue weighted by Crippen LogP contribution is -1.85. The first-order valence-electron chi connectivity index (χ1n) is 4.17. The summed E-state index contributed by atoms with van der Waals surface area (Å²) in [5.74, 6) is 0. The first-order valence-corrected chi connectivity index (χ1v) is 5.33. The van der Waals surface area contributed by atoms with Crippen molar-refractivity contribution in [2.75, 3.05) is 0 Å². The smallest absolute Gasteiger partial charge is 0.121 e. The second-order valence-corrected chi connectivity index (χ2v) is 4.18. The maximum atomic E-state index is 5.90. The van der Waals surface area contributed by atoms with E-state index in [1.54, 1.807) is 24.5 Å². The van der Waals surface area contributed by atoms with E-state index in [4.69, 9.17) is 35.4 Å². The first kappa shape index (κ1) is 10.6. The SMILES string of the molecule is S=c1cnc(-c2ccc(Cl)c(Cl)c2)c[nH]1. The molecular weight excluding hydrogens is 251 g/mol. The Kier molecular flexibility index (Phi) is 3.05. The van der Waals surface area contributed by atoms with E-state index in [-0.39, 0.29) is 0 Å². The lowest BCUT2D eigenvalue weighted by molar-refractivity contribution is 1.18. The van der Waals surface area contributed by atoms with E-state index in [9.17, 15) is 0 Å². The second-order valence-electron chi connectivity index (χ2n) is 2.93. The van der Waals surface area contributed by atoms with Gasteiger partial charge in [-0.05, 0) is 12.1 Å². The van der Waals surface area contributed by atoms with Gasteiger partial charge in [-0.15, -0.1) is 0 Å². The molecule has 0 saturated carbocycles. The zero-order chi connectivity index (χ0) is 10.8. The van der Waals surface area contributed by atoms with Crippen molar-refractivity contribution in [1.82, 2.24) is 9.97 Å². The first-order chi connectivity index (χ1) is 7.16. The third-order valence-electron chi connectivity index (χ3n) is 1.89. The van der Waals surface area contributed by atoms with Crippen LogP contribution in [0.25, 0.3) is 11.3 Å². The average Bonchev–Trinajstić information content (AvgIpc) is 2.23. The minimum Gasteiger partial charge on any atom is -0.350 e. The van der Waals surface area contributed by atoms with Crippen LogP contribution in [0.5, 0.6) is 0 Å². The van der Waals surface area contributed by atoms with E-state index >= 15 is 0 Å². The number of aromatic amines is 1. The van der Waals surface area contributed by atoms with Crippen molar-refractivity contribution in [3.63, 3.8) is 0 Å². The van der Waals surface area contributed by atoms with Gasteiger partial charge in [0, 0.05) is 11.8 Å². The average molecular weight is 257 g/mol. The number of hydrogen-bond acceptors (Lipinski definition) is 2. The molecule has 0 aliphatic carbocycles. The van der Waals surface area contributed by atoms with Crippen molar-refractivity contribution in [1.29, 1.82) is 0 Å². The van der Waals surface area contributed by atoms with Gasteiger partial charge in [-0.1, -0.05) is 41.5 Å². The van der Waals surface area contributed by atoms with Gasteiger partial charge in [-0.2, -0.15) is 0 Å². The van der Waals surface area contributed by atoms with Crippen molar-refractivity contribution in [2.45, 2.75) is 0 Å². The molecule has 0 atom stereocenters. The number of aromatic nitrogens is 2. The number of nitrogens with zero attached hydrogens (tertiary/aromatic N) is 1. The predicted octanol–water partition coefficient (Wildman–Crippen LogP) is 4.11. The normalized spacial score (nSPS) is 10.3. The Hall–Kier alpha value is -0.900. The van der Waals surface area contributed by atoms with Crippen LogP contribution in [0.15, 0.2) is 30.6 Å². The lowest BCUT2D eigenvalue weighted by atomic mass is 10.2. The van der Waals surface area contributed by atoms with Crippen LogP contribution in [0.4, 0.5) is 0 Å². The number of halogens is 2. The summed E-state index contributed by atoms with van der Waals surface area (Å²) in [5.41, 5.74) is 1.68. The molecule has 0 saturated heterocycles. The number of hydrogen-bond donors (Lipinski definition) is 1. The van der Waals surface area contributed by atoms with Crippen LogP contribution in [0.1, 0.15) is 0 Å². The molecular formula is C10H6Cl2N2S. The zero-order valence-corrected chi connectivity index (χ0v) is 9.83. The van der Waals surface area contributed by atoms with Crippen LogP contribution in [-0.4, -0.2) is 9.97 Å². The van der Waals surface area contributed by atoms with E-state index in [2.05, 4.69) is 9.97 Å². The topological polar surface area (TPSA) is 28.7 Å². The molecule has 2 rings (SSSR count). The van der Waals surface area contributed by atoms with Gasteiger partial charge in [-0.25, -0.2) is 0 Å². The Labute approximate surface area is 102 Å². The summed E-state index contributed by atoms with van der Waals surface area (Å²) in [6.45, 7) is 0. The molecule has 1 N–H and O–H groups in total. The Bertz CT molecular complexity index is 531. The molecule has 1 aromatic heterocycles. The van der Waals surface area contributed by atoms with Crippen LogP contribution < -0.4 is 0 Å². The Morgan fingerprint density at radius 1 is 1.20 bits per heavy atom. The summed E-state index contributed by atoms with van der Waals surface area (Å²) in [5, 5.41) is 1.04. The van der Waals surface area contributed by atoms with Gasteiger partial charge < -0.3 is 4.98 Å². The van der Waals surface area contributed by atoms with E-state index in [1.807, 2.05) is 6.07 Å². The van der Waals surface area contributed by atoms with E-state index < -0.39 is 0 Å². The summed E-state index contributed by atoms with van der Waals surface area (Å²) in [6, 6.07) is 5.36. The highest BCUT2D eigenvalue weighted by Crippen LogP contribution is 2.26. The third kappa shape index (κ3) is 2.37. The highest BCUT2D eigenvalue weighted by molar-refractivity contribution is 7.71. The van der Waals surface area contributed by atoms with Gasteiger partial charge in [0.05, 0.1) is 21.9 Å². The van der Waals surface area contributed by atoms with Gasteiger partial charge in [0.25, 0.3) is 0 Å². The predicted molar refractivity (Wildman–Crippen MR) is 64.9 cm³/mol. The van der Waals surface area contributed by atoms with E-state index in [1.165, 1.54) is 0 Å². The van der Waals surface area contributed by atoms with Crippen LogP contribution in [-0.2, 0) is 0 Å².